The lowest BCUT2D eigenvalue weighted by atomic mass is 10.1. The molecule has 4 nitrogen and oxygen atoms in total. The minimum atomic E-state index is -0.821. The number of rotatable bonds is 3. The van der Waals surface area contributed by atoms with Crippen molar-refractivity contribution in [2.45, 2.75) is 20.4 Å². The molecule has 0 aliphatic carbocycles. The van der Waals surface area contributed by atoms with Gasteiger partial charge in [0, 0.05) is 26.2 Å². The van der Waals surface area contributed by atoms with Gasteiger partial charge in [0.2, 0.25) is 5.95 Å². The van der Waals surface area contributed by atoms with Crippen LogP contribution < -0.4 is 10.2 Å². The summed E-state index contributed by atoms with van der Waals surface area (Å²) in [6.45, 7) is 8.17. The van der Waals surface area contributed by atoms with Gasteiger partial charge in [0.15, 0.2) is 11.6 Å². The average Bonchev–Trinajstić information content (AvgIpc) is 2.97. The highest BCUT2D eigenvalue weighted by atomic mass is 19.2. The van der Waals surface area contributed by atoms with E-state index in [1.807, 2.05) is 0 Å². The van der Waals surface area contributed by atoms with E-state index in [0.717, 1.165) is 48.7 Å². The van der Waals surface area contributed by atoms with Crippen molar-refractivity contribution >= 4 is 17.0 Å². The minimum absolute atomic E-state index is 0.454. The molecule has 2 aromatic carbocycles. The number of anilines is 1. The van der Waals surface area contributed by atoms with Crippen LogP contribution in [0.5, 0.6) is 0 Å². The van der Waals surface area contributed by atoms with Gasteiger partial charge in [-0.15, -0.1) is 0 Å². The van der Waals surface area contributed by atoms with Crippen molar-refractivity contribution in [2.75, 3.05) is 31.1 Å². The summed E-state index contributed by atoms with van der Waals surface area (Å²) in [6.07, 6.45) is 0. The number of fused-ring (bicyclic) bond motifs is 1. The molecule has 0 saturated carbocycles. The lowest BCUT2D eigenvalue weighted by molar-refractivity contribution is 0.506. The van der Waals surface area contributed by atoms with E-state index >= 15 is 0 Å². The number of hydrogen-bond acceptors (Lipinski definition) is 3. The third-order valence-corrected chi connectivity index (χ3v) is 5.07. The Morgan fingerprint density at radius 1 is 1.00 bits per heavy atom. The number of nitrogens with one attached hydrogen (secondary N) is 1. The third kappa shape index (κ3) is 3.05. The van der Waals surface area contributed by atoms with Gasteiger partial charge < -0.3 is 14.8 Å². The molecule has 1 N–H and O–H groups in total. The molecule has 136 valence electrons. The van der Waals surface area contributed by atoms with Crippen LogP contribution in [-0.2, 0) is 6.54 Å². The molecule has 4 rings (SSSR count). The predicted octanol–water partition coefficient (Wildman–Crippen LogP) is 3.39. The molecular weight excluding hydrogens is 334 g/mol. The largest absolute Gasteiger partial charge is 0.340 e. The number of nitrogens with zero attached hydrogens (tertiary/aromatic N) is 3. The zero-order chi connectivity index (χ0) is 18.3. The van der Waals surface area contributed by atoms with Crippen LogP contribution in [0.4, 0.5) is 14.7 Å². The monoisotopic (exact) mass is 356 g/mol. The number of piperazine rings is 1. The smallest absolute Gasteiger partial charge is 0.206 e. The predicted molar refractivity (Wildman–Crippen MR) is 99.7 cm³/mol. The molecule has 0 bridgehead atoms. The van der Waals surface area contributed by atoms with E-state index in [1.165, 1.54) is 23.3 Å². The van der Waals surface area contributed by atoms with Crippen LogP contribution in [-0.4, -0.2) is 35.7 Å². The van der Waals surface area contributed by atoms with Crippen molar-refractivity contribution in [1.29, 1.82) is 0 Å². The standard InChI is InChI=1S/C20H22F2N4/c1-13-9-18-19(10-14(13)2)26(12-15-3-4-16(21)17(22)11-15)20(24-18)25-7-5-23-6-8-25/h3-4,9-11,23H,5-8,12H2,1-2H3. The number of imidazole rings is 1. The van der Waals surface area contributed by atoms with Crippen LogP contribution in [0.3, 0.4) is 0 Å². The molecule has 1 aromatic heterocycles. The number of halogens is 2. The molecule has 3 aromatic rings. The molecule has 0 spiro atoms. The Balaban J connectivity index is 1.83. The van der Waals surface area contributed by atoms with Crippen molar-refractivity contribution < 1.29 is 8.78 Å². The highest BCUT2D eigenvalue weighted by Gasteiger charge is 2.20. The van der Waals surface area contributed by atoms with E-state index in [1.54, 1.807) is 6.07 Å². The normalized spacial score (nSPS) is 15.0. The summed E-state index contributed by atoms with van der Waals surface area (Å²) in [6, 6.07) is 8.31. The third-order valence-electron chi connectivity index (χ3n) is 5.07. The fourth-order valence-corrected chi connectivity index (χ4v) is 3.45. The maximum absolute atomic E-state index is 13.7. The second kappa shape index (κ2) is 6.68. The van der Waals surface area contributed by atoms with Crippen LogP contribution in [0.2, 0.25) is 0 Å². The molecule has 26 heavy (non-hydrogen) atoms. The summed E-state index contributed by atoms with van der Waals surface area (Å²) in [7, 11) is 0. The summed E-state index contributed by atoms with van der Waals surface area (Å²) >= 11 is 0. The number of benzene rings is 2. The Kier molecular flexibility index (Phi) is 4.36. The number of hydrogen-bond donors (Lipinski definition) is 1. The van der Waals surface area contributed by atoms with Gasteiger partial charge in [-0.2, -0.15) is 0 Å². The quantitative estimate of drug-likeness (QED) is 0.781. The van der Waals surface area contributed by atoms with Crippen LogP contribution in [0.1, 0.15) is 16.7 Å². The fraction of sp³-hybridized carbons (Fsp3) is 0.350. The molecule has 2 heterocycles. The van der Waals surface area contributed by atoms with Gasteiger partial charge in [0.25, 0.3) is 0 Å². The molecule has 6 heteroatoms. The van der Waals surface area contributed by atoms with Gasteiger partial charge >= 0.3 is 0 Å². The lowest BCUT2D eigenvalue weighted by Gasteiger charge is -2.29. The van der Waals surface area contributed by atoms with Gasteiger partial charge in [-0.1, -0.05) is 6.07 Å². The summed E-state index contributed by atoms with van der Waals surface area (Å²) in [4.78, 5) is 7.12. The van der Waals surface area contributed by atoms with Gasteiger partial charge in [-0.25, -0.2) is 13.8 Å². The summed E-state index contributed by atoms with van der Waals surface area (Å²) in [5.74, 6) is -0.753. The van der Waals surface area contributed by atoms with Gasteiger partial charge in [0.1, 0.15) is 0 Å². The zero-order valence-electron chi connectivity index (χ0n) is 15.0. The molecule has 0 atom stereocenters. The first-order chi connectivity index (χ1) is 12.5. The molecule has 0 unspecified atom stereocenters. The molecule has 1 saturated heterocycles. The molecule has 0 amide bonds. The lowest BCUT2D eigenvalue weighted by Crippen LogP contribution is -2.44. The van der Waals surface area contributed by atoms with E-state index in [9.17, 15) is 8.78 Å². The maximum atomic E-state index is 13.7. The molecular formula is C20H22F2N4. The topological polar surface area (TPSA) is 33.1 Å². The minimum Gasteiger partial charge on any atom is -0.340 e. The van der Waals surface area contributed by atoms with E-state index in [0.29, 0.717) is 6.54 Å². The number of aromatic nitrogens is 2. The first kappa shape index (κ1) is 17.0. The van der Waals surface area contributed by atoms with Crippen LogP contribution in [0, 0.1) is 25.5 Å². The Hall–Kier alpha value is -2.47. The zero-order valence-corrected chi connectivity index (χ0v) is 15.0. The Morgan fingerprint density at radius 3 is 2.46 bits per heavy atom. The second-order valence-electron chi connectivity index (χ2n) is 6.91. The van der Waals surface area contributed by atoms with Crippen molar-refractivity contribution in [1.82, 2.24) is 14.9 Å². The Morgan fingerprint density at radius 2 is 1.73 bits per heavy atom. The van der Waals surface area contributed by atoms with Crippen molar-refractivity contribution in [3.05, 3.63) is 58.7 Å². The van der Waals surface area contributed by atoms with Gasteiger partial charge in [-0.05, 0) is 54.8 Å². The molecule has 0 radical (unpaired) electrons. The van der Waals surface area contributed by atoms with E-state index in [2.05, 4.69) is 40.8 Å². The van der Waals surface area contributed by atoms with Crippen molar-refractivity contribution in [3.8, 4) is 0 Å². The van der Waals surface area contributed by atoms with Gasteiger partial charge in [0.05, 0.1) is 17.6 Å². The van der Waals surface area contributed by atoms with Crippen molar-refractivity contribution in [3.63, 3.8) is 0 Å². The van der Waals surface area contributed by atoms with Crippen LogP contribution >= 0.6 is 0 Å². The highest BCUT2D eigenvalue weighted by molar-refractivity contribution is 5.81. The van der Waals surface area contributed by atoms with E-state index in [4.69, 9.17) is 4.98 Å². The van der Waals surface area contributed by atoms with Crippen LogP contribution in [0.15, 0.2) is 30.3 Å². The number of aryl methyl sites for hydroxylation is 2. The molecule has 1 aliphatic rings. The fourth-order valence-electron chi connectivity index (χ4n) is 3.45. The summed E-state index contributed by atoms with van der Waals surface area (Å²) < 4.78 is 29.1. The van der Waals surface area contributed by atoms with Gasteiger partial charge in [-0.3, -0.25) is 0 Å². The van der Waals surface area contributed by atoms with E-state index < -0.39 is 11.6 Å². The maximum Gasteiger partial charge on any atom is 0.206 e. The SMILES string of the molecule is Cc1cc2nc(N3CCNCC3)n(Cc3ccc(F)c(F)c3)c2cc1C. The van der Waals surface area contributed by atoms with Crippen molar-refractivity contribution in [2.24, 2.45) is 0 Å². The molecule has 1 aliphatic heterocycles. The Bertz CT molecular complexity index is 958. The van der Waals surface area contributed by atoms with Crippen LogP contribution in [0.25, 0.3) is 11.0 Å². The summed E-state index contributed by atoms with van der Waals surface area (Å²) in [5.41, 5.74) is 5.06. The average molecular weight is 356 g/mol. The highest BCUT2D eigenvalue weighted by Crippen LogP contribution is 2.27. The first-order valence-corrected chi connectivity index (χ1v) is 8.90. The summed E-state index contributed by atoms with van der Waals surface area (Å²) in [5, 5.41) is 3.35. The first-order valence-electron chi connectivity index (χ1n) is 8.90. The Labute approximate surface area is 151 Å². The second-order valence-corrected chi connectivity index (χ2v) is 6.91. The van der Waals surface area contributed by atoms with E-state index in [-0.39, 0.29) is 0 Å². The molecule has 1 fully saturated rings.